The molecule has 1 heterocycles. The molecule has 19 heavy (non-hydrogen) atoms. The second-order valence-corrected chi connectivity index (χ2v) is 6.79. The highest BCUT2D eigenvalue weighted by Gasteiger charge is 2.14. The molecule has 3 aromatic rings. The summed E-state index contributed by atoms with van der Waals surface area (Å²) in [6, 6.07) is 14.4. The van der Waals surface area contributed by atoms with Gasteiger partial charge in [0.15, 0.2) is 8.77 Å². The van der Waals surface area contributed by atoms with Crippen molar-refractivity contribution >= 4 is 31.0 Å². The fourth-order valence-corrected chi connectivity index (χ4v) is 3.13. The van der Waals surface area contributed by atoms with Gasteiger partial charge in [0.25, 0.3) is 0 Å². The Hall–Kier alpha value is -1.76. The third-order valence-corrected chi connectivity index (χ3v) is 4.30. The van der Waals surface area contributed by atoms with Crippen LogP contribution in [0, 0.1) is 0 Å². The van der Waals surface area contributed by atoms with Crippen molar-refractivity contribution in [1.82, 2.24) is 9.55 Å². The summed E-state index contributed by atoms with van der Waals surface area (Å²) >= 11 is 4.69. The number of aromatic nitrogens is 2. The van der Waals surface area contributed by atoms with Crippen LogP contribution >= 0.6 is 0 Å². The summed E-state index contributed by atoms with van der Waals surface area (Å²) in [6.07, 6.45) is 1.63. The molecule has 0 aliphatic heterocycles. The Morgan fingerprint density at radius 1 is 1.11 bits per heavy atom. The number of imidazole rings is 1. The molecule has 0 radical (unpaired) electrons. The Labute approximate surface area is 115 Å². The molecular weight excluding hydrogens is 280 g/mol. The van der Waals surface area contributed by atoms with E-state index in [9.17, 15) is 8.76 Å². The summed E-state index contributed by atoms with van der Waals surface area (Å²) in [5, 5.41) is 0. The fraction of sp³-hybridized carbons (Fsp3) is 0. The molecule has 1 N–H and O–H groups in total. The highest BCUT2D eigenvalue weighted by atomic mass is 32.8. The standard InChI is InChI=1S/C13H10N2O2S2/c16-19(17,18)13-8-4-3-7-12(13)15-9-14-10-5-1-2-6-11(10)15/h1-9H,(H,16,17,18). The van der Waals surface area contributed by atoms with Crippen LogP contribution in [0.2, 0.25) is 0 Å². The van der Waals surface area contributed by atoms with Crippen LogP contribution in [0.25, 0.3) is 16.7 Å². The van der Waals surface area contributed by atoms with Crippen LogP contribution in [0.5, 0.6) is 0 Å². The molecule has 1 unspecified atom stereocenters. The van der Waals surface area contributed by atoms with Gasteiger partial charge in [0.1, 0.15) is 6.33 Å². The van der Waals surface area contributed by atoms with E-state index in [0.29, 0.717) is 5.69 Å². The third kappa shape index (κ3) is 2.14. The summed E-state index contributed by atoms with van der Waals surface area (Å²) in [5.41, 5.74) is 2.28. The molecule has 0 saturated heterocycles. The zero-order valence-corrected chi connectivity index (χ0v) is 11.4. The van der Waals surface area contributed by atoms with Gasteiger partial charge >= 0.3 is 0 Å². The van der Waals surface area contributed by atoms with E-state index >= 15 is 0 Å². The van der Waals surface area contributed by atoms with Crippen LogP contribution in [0.4, 0.5) is 0 Å². The maximum atomic E-state index is 11.8. The van der Waals surface area contributed by atoms with Crippen LogP contribution in [0.3, 0.4) is 0 Å². The van der Waals surface area contributed by atoms with Gasteiger partial charge in [-0.1, -0.05) is 24.3 Å². The largest absolute Gasteiger partial charge is 0.302 e. The molecule has 0 spiro atoms. The van der Waals surface area contributed by atoms with Crippen LogP contribution in [-0.2, 0) is 20.0 Å². The number of hydrogen-bond acceptors (Lipinski definition) is 3. The molecule has 6 heteroatoms. The SMILES string of the molecule is O=S(O)(=S)c1ccccc1-n1cnc2ccccc21. The molecule has 0 aliphatic rings. The lowest BCUT2D eigenvalue weighted by atomic mass is 10.3. The second-order valence-electron chi connectivity index (χ2n) is 4.05. The summed E-state index contributed by atoms with van der Waals surface area (Å²) in [4.78, 5) is 4.50. The number of hydrogen-bond donors (Lipinski definition) is 1. The van der Waals surface area contributed by atoms with Gasteiger partial charge < -0.3 is 4.55 Å². The minimum atomic E-state index is -3.44. The second kappa shape index (κ2) is 4.41. The first kappa shape index (κ1) is 12.3. The van der Waals surface area contributed by atoms with Gasteiger partial charge in [-0.3, -0.25) is 4.57 Å². The van der Waals surface area contributed by atoms with Gasteiger partial charge in [-0.2, -0.15) is 0 Å². The molecule has 1 atom stereocenters. The van der Waals surface area contributed by atoms with Crippen molar-refractivity contribution < 1.29 is 8.76 Å². The van der Waals surface area contributed by atoms with Crippen molar-refractivity contribution in [3.8, 4) is 5.69 Å². The summed E-state index contributed by atoms with van der Waals surface area (Å²) < 4.78 is 23.2. The van der Waals surface area contributed by atoms with Crippen molar-refractivity contribution in [2.75, 3.05) is 0 Å². The summed E-state index contributed by atoms with van der Waals surface area (Å²) in [7, 11) is -3.44. The molecule has 3 rings (SSSR count). The topological polar surface area (TPSA) is 55.1 Å². The van der Waals surface area contributed by atoms with Crippen molar-refractivity contribution in [3.63, 3.8) is 0 Å². The number of benzene rings is 2. The van der Waals surface area contributed by atoms with Crippen molar-refractivity contribution in [1.29, 1.82) is 0 Å². The van der Waals surface area contributed by atoms with Crippen LogP contribution in [-0.4, -0.2) is 18.3 Å². The molecule has 96 valence electrons. The highest BCUT2D eigenvalue weighted by molar-refractivity contribution is 8.29. The number of rotatable bonds is 2. The summed E-state index contributed by atoms with van der Waals surface area (Å²) in [5.74, 6) is 0. The molecule has 1 aromatic heterocycles. The quantitative estimate of drug-likeness (QED) is 0.788. The summed E-state index contributed by atoms with van der Waals surface area (Å²) in [6.45, 7) is 0. The Bertz CT molecular complexity index is 854. The first-order chi connectivity index (χ1) is 9.07. The smallest absolute Gasteiger partial charge is 0.173 e. The van der Waals surface area contributed by atoms with E-state index in [1.807, 2.05) is 24.3 Å². The van der Waals surface area contributed by atoms with Gasteiger partial charge in [-0.15, -0.1) is 0 Å². The molecular formula is C13H10N2O2S2. The Morgan fingerprint density at radius 3 is 2.58 bits per heavy atom. The van der Waals surface area contributed by atoms with E-state index in [2.05, 4.69) is 16.2 Å². The zero-order chi connectivity index (χ0) is 13.5. The third-order valence-electron chi connectivity index (χ3n) is 2.86. The molecule has 0 fully saturated rings. The lowest BCUT2D eigenvalue weighted by Gasteiger charge is -2.10. The predicted molar refractivity (Wildman–Crippen MR) is 77.5 cm³/mol. The van der Waals surface area contributed by atoms with E-state index in [4.69, 9.17) is 0 Å². The van der Waals surface area contributed by atoms with Crippen molar-refractivity contribution in [2.45, 2.75) is 4.90 Å². The molecule has 2 aromatic carbocycles. The maximum Gasteiger partial charge on any atom is 0.173 e. The van der Waals surface area contributed by atoms with E-state index in [1.54, 1.807) is 35.2 Å². The molecule has 0 aliphatic carbocycles. The molecule has 0 amide bonds. The first-order valence-corrected chi connectivity index (χ1v) is 8.00. The van der Waals surface area contributed by atoms with Crippen LogP contribution < -0.4 is 0 Å². The predicted octanol–water partition coefficient (Wildman–Crippen LogP) is 2.60. The minimum Gasteiger partial charge on any atom is -0.302 e. The maximum absolute atomic E-state index is 11.8. The average molecular weight is 290 g/mol. The minimum absolute atomic E-state index is 0.230. The molecule has 0 saturated carbocycles. The number of nitrogens with zero attached hydrogens (tertiary/aromatic N) is 2. The van der Waals surface area contributed by atoms with Crippen LogP contribution in [0.1, 0.15) is 0 Å². The zero-order valence-electron chi connectivity index (χ0n) is 9.76. The van der Waals surface area contributed by atoms with E-state index < -0.39 is 8.77 Å². The van der Waals surface area contributed by atoms with Crippen molar-refractivity contribution in [2.24, 2.45) is 0 Å². The first-order valence-electron chi connectivity index (χ1n) is 5.56. The van der Waals surface area contributed by atoms with Crippen molar-refractivity contribution in [3.05, 3.63) is 54.9 Å². The number of para-hydroxylation sites is 3. The molecule has 0 bridgehead atoms. The lowest BCUT2D eigenvalue weighted by molar-refractivity contribution is 0.561. The van der Waals surface area contributed by atoms with Gasteiger partial charge in [0, 0.05) is 11.2 Å². The average Bonchev–Trinajstić information content (AvgIpc) is 2.81. The Balaban J connectivity index is 2.34. The lowest BCUT2D eigenvalue weighted by Crippen LogP contribution is -2.03. The fourth-order valence-electron chi connectivity index (χ4n) is 2.03. The van der Waals surface area contributed by atoms with E-state index in [0.717, 1.165) is 11.0 Å². The highest BCUT2D eigenvalue weighted by Crippen LogP contribution is 2.24. The molecule has 4 nitrogen and oxygen atoms in total. The van der Waals surface area contributed by atoms with E-state index in [-0.39, 0.29) is 4.90 Å². The number of fused-ring (bicyclic) bond motifs is 1. The van der Waals surface area contributed by atoms with E-state index in [1.165, 1.54) is 0 Å². The van der Waals surface area contributed by atoms with Gasteiger partial charge in [0.05, 0.1) is 21.6 Å². The Kier molecular flexibility index (Phi) is 2.85. The Morgan fingerprint density at radius 2 is 1.79 bits per heavy atom. The van der Waals surface area contributed by atoms with Gasteiger partial charge in [-0.25, -0.2) is 9.19 Å². The van der Waals surface area contributed by atoms with Crippen LogP contribution in [0.15, 0.2) is 59.8 Å². The monoisotopic (exact) mass is 290 g/mol. The van der Waals surface area contributed by atoms with Gasteiger partial charge in [0.2, 0.25) is 0 Å². The normalized spacial score (nSPS) is 14.4. The van der Waals surface area contributed by atoms with Gasteiger partial charge in [-0.05, 0) is 24.3 Å².